The SMILES string of the molecule is O=C(c1ccc(S(=O)(=O)N2CCCCC2)cc1)N1CCCC1c1nc2ccccc2s1. The molecule has 2 fully saturated rings. The average Bonchev–Trinajstić information content (AvgIpc) is 3.46. The Morgan fingerprint density at radius 1 is 0.935 bits per heavy atom. The highest BCUT2D eigenvalue weighted by Crippen LogP contribution is 2.37. The smallest absolute Gasteiger partial charge is 0.254 e. The molecule has 6 nitrogen and oxygen atoms in total. The van der Waals surface area contributed by atoms with Gasteiger partial charge >= 0.3 is 0 Å². The maximum Gasteiger partial charge on any atom is 0.254 e. The van der Waals surface area contributed by atoms with Gasteiger partial charge in [-0.25, -0.2) is 13.4 Å². The number of para-hydroxylation sites is 1. The third-order valence-corrected chi connectivity index (χ3v) is 9.21. The van der Waals surface area contributed by atoms with Crippen molar-refractivity contribution in [1.82, 2.24) is 14.2 Å². The lowest BCUT2D eigenvalue weighted by atomic mass is 10.1. The van der Waals surface area contributed by atoms with Gasteiger partial charge in [0.25, 0.3) is 5.91 Å². The van der Waals surface area contributed by atoms with E-state index in [4.69, 9.17) is 4.98 Å². The third kappa shape index (κ3) is 3.88. The fourth-order valence-electron chi connectivity index (χ4n) is 4.49. The van der Waals surface area contributed by atoms with Crippen molar-refractivity contribution in [2.45, 2.75) is 43.0 Å². The van der Waals surface area contributed by atoms with Crippen molar-refractivity contribution in [2.24, 2.45) is 0 Å². The Balaban J connectivity index is 1.36. The average molecular weight is 456 g/mol. The van der Waals surface area contributed by atoms with Gasteiger partial charge in [0, 0.05) is 25.2 Å². The zero-order chi connectivity index (χ0) is 21.4. The summed E-state index contributed by atoms with van der Waals surface area (Å²) in [5.41, 5.74) is 1.49. The monoisotopic (exact) mass is 455 g/mol. The summed E-state index contributed by atoms with van der Waals surface area (Å²) in [5.74, 6) is -0.0660. The third-order valence-electron chi connectivity index (χ3n) is 6.16. The maximum atomic E-state index is 13.3. The Bertz CT molecular complexity index is 1170. The Hall–Kier alpha value is -2.29. The van der Waals surface area contributed by atoms with Crippen LogP contribution in [0.3, 0.4) is 0 Å². The summed E-state index contributed by atoms with van der Waals surface area (Å²) in [7, 11) is -3.49. The van der Waals surface area contributed by atoms with Gasteiger partial charge in [-0.05, 0) is 62.1 Å². The topological polar surface area (TPSA) is 70.6 Å². The summed E-state index contributed by atoms with van der Waals surface area (Å²) in [5, 5.41) is 0.969. The van der Waals surface area contributed by atoms with Crippen LogP contribution in [-0.4, -0.2) is 48.1 Å². The molecule has 0 spiro atoms. The molecule has 2 saturated heterocycles. The lowest BCUT2D eigenvalue weighted by Crippen LogP contribution is -2.35. The van der Waals surface area contributed by atoms with Crippen LogP contribution in [0.15, 0.2) is 53.4 Å². The van der Waals surface area contributed by atoms with Crippen molar-refractivity contribution in [3.05, 3.63) is 59.1 Å². The number of sulfonamides is 1. The molecular formula is C23H25N3O3S2. The first-order chi connectivity index (χ1) is 15.0. The number of amides is 1. The molecule has 3 aromatic rings. The van der Waals surface area contributed by atoms with Crippen molar-refractivity contribution >= 4 is 37.5 Å². The number of hydrogen-bond acceptors (Lipinski definition) is 5. The van der Waals surface area contributed by atoms with Crippen LogP contribution in [0.2, 0.25) is 0 Å². The van der Waals surface area contributed by atoms with Gasteiger partial charge in [0.05, 0.1) is 21.2 Å². The van der Waals surface area contributed by atoms with Gasteiger partial charge in [-0.15, -0.1) is 11.3 Å². The number of hydrogen-bond donors (Lipinski definition) is 0. The molecule has 3 heterocycles. The van der Waals surface area contributed by atoms with Gasteiger partial charge in [-0.3, -0.25) is 4.79 Å². The fraction of sp³-hybridized carbons (Fsp3) is 0.391. The zero-order valence-electron chi connectivity index (χ0n) is 17.2. The van der Waals surface area contributed by atoms with Crippen LogP contribution in [0.1, 0.15) is 53.5 Å². The number of rotatable bonds is 4. The van der Waals surface area contributed by atoms with Crippen molar-refractivity contribution < 1.29 is 13.2 Å². The van der Waals surface area contributed by atoms with Crippen LogP contribution < -0.4 is 0 Å². The van der Waals surface area contributed by atoms with Gasteiger partial charge in [-0.2, -0.15) is 4.31 Å². The first kappa shape index (κ1) is 20.6. The Morgan fingerprint density at radius 3 is 2.42 bits per heavy atom. The number of thiazole rings is 1. The number of aromatic nitrogens is 1. The standard InChI is InChI=1S/C23H25N3O3S2/c27-23(17-10-12-18(13-11-17)31(28,29)25-14-4-1-5-15-25)26-16-6-8-20(26)22-24-19-7-2-3-9-21(19)30-22/h2-3,7,9-13,20H,1,4-6,8,14-16H2. The molecule has 2 aromatic carbocycles. The van der Waals surface area contributed by atoms with Gasteiger partial charge < -0.3 is 4.90 Å². The molecule has 1 atom stereocenters. The molecule has 0 aliphatic carbocycles. The van der Waals surface area contributed by atoms with E-state index < -0.39 is 10.0 Å². The lowest BCUT2D eigenvalue weighted by Gasteiger charge is -2.26. The van der Waals surface area contributed by atoms with Crippen LogP contribution in [0, 0.1) is 0 Å². The molecule has 2 aliphatic heterocycles. The van der Waals surface area contributed by atoms with Crippen molar-refractivity contribution in [2.75, 3.05) is 19.6 Å². The molecular weight excluding hydrogens is 430 g/mol. The Kier molecular flexibility index (Phi) is 5.54. The van der Waals surface area contributed by atoms with Crippen molar-refractivity contribution in [3.63, 3.8) is 0 Å². The minimum absolute atomic E-state index is 0.0262. The number of carbonyl (C=O) groups excluding carboxylic acids is 1. The van der Waals surface area contributed by atoms with E-state index in [0.717, 1.165) is 47.3 Å². The number of carbonyl (C=O) groups is 1. The molecule has 162 valence electrons. The van der Waals surface area contributed by atoms with Gasteiger partial charge in [0.1, 0.15) is 5.01 Å². The second-order valence-electron chi connectivity index (χ2n) is 8.17. The minimum Gasteiger partial charge on any atom is -0.329 e. The van der Waals surface area contributed by atoms with Crippen LogP contribution in [-0.2, 0) is 10.0 Å². The number of nitrogens with zero attached hydrogens (tertiary/aromatic N) is 3. The molecule has 1 aromatic heterocycles. The molecule has 0 radical (unpaired) electrons. The minimum atomic E-state index is -3.49. The largest absolute Gasteiger partial charge is 0.329 e. The van der Waals surface area contributed by atoms with Crippen molar-refractivity contribution in [1.29, 1.82) is 0 Å². The Labute approximate surface area is 186 Å². The quantitative estimate of drug-likeness (QED) is 0.583. The zero-order valence-corrected chi connectivity index (χ0v) is 18.9. The fourth-order valence-corrected chi connectivity index (χ4v) is 7.12. The van der Waals surface area contributed by atoms with Crippen molar-refractivity contribution in [3.8, 4) is 0 Å². The number of benzene rings is 2. The van der Waals surface area contributed by atoms with E-state index in [1.165, 1.54) is 0 Å². The first-order valence-electron chi connectivity index (χ1n) is 10.8. The predicted molar refractivity (Wildman–Crippen MR) is 122 cm³/mol. The summed E-state index contributed by atoms with van der Waals surface area (Å²) in [6, 6.07) is 14.4. The lowest BCUT2D eigenvalue weighted by molar-refractivity contribution is 0.0735. The summed E-state index contributed by atoms with van der Waals surface area (Å²) < 4.78 is 28.4. The van der Waals surface area contributed by atoms with Gasteiger partial charge in [0.2, 0.25) is 10.0 Å². The van der Waals surface area contributed by atoms with Crippen LogP contribution in [0.25, 0.3) is 10.2 Å². The van der Waals surface area contributed by atoms with E-state index in [1.54, 1.807) is 39.9 Å². The maximum absolute atomic E-state index is 13.3. The highest BCUT2D eigenvalue weighted by Gasteiger charge is 2.33. The van der Waals surface area contributed by atoms with Gasteiger partial charge in [0.15, 0.2) is 0 Å². The van der Waals surface area contributed by atoms with Crippen LogP contribution >= 0.6 is 11.3 Å². The number of piperidine rings is 1. The molecule has 0 saturated carbocycles. The second kappa shape index (κ2) is 8.33. The summed E-state index contributed by atoms with van der Waals surface area (Å²) in [4.78, 5) is 20.2. The molecule has 0 N–H and O–H groups in total. The second-order valence-corrected chi connectivity index (χ2v) is 11.2. The summed E-state index contributed by atoms with van der Waals surface area (Å²) >= 11 is 1.64. The molecule has 1 unspecified atom stereocenters. The first-order valence-corrected chi connectivity index (χ1v) is 13.1. The highest BCUT2D eigenvalue weighted by molar-refractivity contribution is 7.89. The van der Waals surface area contributed by atoms with Crippen LogP contribution in [0.4, 0.5) is 0 Å². The highest BCUT2D eigenvalue weighted by atomic mass is 32.2. The van der Waals surface area contributed by atoms with E-state index in [0.29, 0.717) is 25.2 Å². The van der Waals surface area contributed by atoms with E-state index >= 15 is 0 Å². The predicted octanol–water partition coefficient (Wildman–Crippen LogP) is 4.45. The Morgan fingerprint density at radius 2 is 1.68 bits per heavy atom. The molecule has 0 bridgehead atoms. The molecule has 31 heavy (non-hydrogen) atoms. The normalized spacial score (nSPS) is 20.4. The van der Waals surface area contributed by atoms with E-state index in [2.05, 4.69) is 6.07 Å². The summed E-state index contributed by atoms with van der Waals surface area (Å²) in [6.07, 6.45) is 4.71. The van der Waals surface area contributed by atoms with Gasteiger partial charge in [-0.1, -0.05) is 18.6 Å². The molecule has 8 heteroatoms. The summed E-state index contributed by atoms with van der Waals surface area (Å²) in [6.45, 7) is 1.83. The number of fused-ring (bicyclic) bond motifs is 1. The molecule has 1 amide bonds. The number of likely N-dealkylation sites (tertiary alicyclic amines) is 1. The van der Waals surface area contributed by atoms with E-state index in [9.17, 15) is 13.2 Å². The van der Waals surface area contributed by atoms with Crippen LogP contribution in [0.5, 0.6) is 0 Å². The van der Waals surface area contributed by atoms with E-state index in [1.807, 2.05) is 23.1 Å². The molecule has 5 rings (SSSR count). The molecule has 2 aliphatic rings. The van der Waals surface area contributed by atoms with E-state index in [-0.39, 0.29) is 16.8 Å².